The van der Waals surface area contributed by atoms with E-state index in [-0.39, 0.29) is 0 Å². The molecule has 0 bridgehead atoms. The van der Waals surface area contributed by atoms with E-state index in [9.17, 15) is 0 Å². The lowest BCUT2D eigenvalue weighted by molar-refractivity contribution is -0.926. The van der Waals surface area contributed by atoms with E-state index < -0.39 is 0 Å². The molecule has 0 amide bonds. The van der Waals surface area contributed by atoms with Gasteiger partial charge in [0.2, 0.25) is 0 Å². The van der Waals surface area contributed by atoms with Crippen LogP contribution in [0, 0.1) is 0 Å². The van der Waals surface area contributed by atoms with E-state index in [1.54, 1.807) is 0 Å². The molecule has 0 aromatic rings. The molecule has 0 fully saturated rings. The second-order valence-electron chi connectivity index (χ2n) is 7.11. The minimum atomic E-state index is 0.829. The van der Waals surface area contributed by atoms with Crippen molar-refractivity contribution in [3.05, 3.63) is 0 Å². The zero-order valence-corrected chi connectivity index (χ0v) is 16.6. The van der Waals surface area contributed by atoms with Gasteiger partial charge in [0.05, 0.1) is 32.1 Å². The first-order valence-electron chi connectivity index (χ1n) is 10.2. The van der Waals surface area contributed by atoms with Crippen LogP contribution in [0.5, 0.6) is 0 Å². The molecule has 0 aliphatic carbocycles. The van der Waals surface area contributed by atoms with Crippen molar-refractivity contribution in [2.45, 2.75) is 97.8 Å². The maximum atomic E-state index is 6.19. The van der Waals surface area contributed by atoms with Gasteiger partial charge in [-0.25, -0.2) is 0 Å². The summed E-state index contributed by atoms with van der Waals surface area (Å²) >= 11 is 6.19. The van der Waals surface area contributed by atoms with Crippen LogP contribution in [0.15, 0.2) is 0 Å². The highest BCUT2D eigenvalue weighted by molar-refractivity contribution is 6.17. The van der Waals surface area contributed by atoms with Gasteiger partial charge in [0.25, 0.3) is 0 Å². The van der Waals surface area contributed by atoms with Crippen LogP contribution in [0.4, 0.5) is 0 Å². The second kappa shape index (κ2) is 16.1. The van der Waals surface area contributed by atoms with Gasteiger partial charge in [-0.15, -0.1) is 11.6 Å². The fourth-order valence-corrected chi connectivity index (χ4v) is 3.83. The fraction of sp³-hybridized carbons (Fsp3) is 1.00. The Kier molecular flexibility index (Phi) is 16.3. The molecule has 0 unspecified atom stereocenters. The first-order valence-corrected chi connectivity index (χ1v) is 10.7. The summed E-state index contributed by atoms with van der Waals surface area (Å²) in [4.78, 5) is 0. The van der Waals surface area contributed by atoms with Crippen molar-refractivity contribution < 1.29 is 4.48 Å². The second-order valence-corrected chi connectivity index (χ2v) is 7.48. The molecule has 2 heteroatoms. The number of hydrogen-bond acceptors (Lipinski definition) is 0. The maximum absolute atomic E-state index is 6.19. The molecule has 0 saturated heterocycles. The number of alkyl halides is 1. The highest BCUT2D eigenvalue weighted by Crippen LogP contribution is 2.17. The summed E-state index contributed by atoms with van der Waals surface area (Å²) in [5.41, 5.74) is 0. The predicted molar refractivity (Wildman–Crippen MR) is 103 cm³/mol. The first-order chi connectivity index (χ1) is 10.7. The molecule has 1 nitrogen and oxygen atoms in total. The van der Waals surface area contributed by atoms with Gasteiger partial charge in [0, 0.05) is 0 Å². The van der Waals surface area contributed by atoms with Gasteiger partial charge in [-0.3, -0.25) is 0 Å². The van der Waals surface area contributed by atoms with Gasteiger partial charge >= 0.3 is 0 Å². The van der Waals surface area contributed by atoms with Crippen LogP contribution >= 0.6 is 11.6 Å². The van der Waals surface area contributed by atoms with Crippen molar-refractivity contribution in [3.8, 4) is 0 Å². The molecule has 0 atom stereocenters. The maximum Gasteiger partial charge on any atom is 0.0924 e. The van der Waals surface area contributed by atoms with Crippen LogP contribution in [0.25, 0.3) is 0 Å². The molecule has 0 heterocycles. The quantitative estimate of drug-likeness (QED) is 0.156. The van der Waals surface area contributed by atoms with E-state index >= 15 is 0 Å². The zero-order chi connectivity index (χ0) is 16.5. The Hall–Kier alpha value is 0.250. The summed E-state index contributed by atoms with van der Waals surface area (Å²) in [5, 5.41) is 0. The summed E-state index contributed by atoms with van der Waals surface area (Å²) in [7, 11) is 0. The summed E-state index contributed by atoms with van der Waals surface area (Å²) in [5.74, 6) is 0.829. The summed E-state index contributed by atoms with van der Waals surface area (Å²) < 4.78 is 1.31. The monoisotopic (exact) mass is 332 g/mol. The third-order valence-electron chi connectivity index (χ3n) is 5.02. The average molecular weight is 333 g/mol. The Bertz CT molecular complexity index is 186. The summed E-state index contributed by atoms with van der Waals surface area (Å²) in [6.45, 7) is 12.2. The number of halogens is 1. The standard InChI is InChI=1S/C20H43ClN/c1-4-7-10-13-17-22(20-16-21,18-14-11-8-5-2)19-15-12-9-6-3/h4-20H2,1-3H3/q+1. The van der Waals surface area contributed by atoms with E-state index in [0.717, 1.165) is 5.88 Å². The molecule has 0 aliphatic heterocycles. The van der Waals surface area contributed by atoms with Gasteiger partial charge in [0.15, 0.2) is 0 Å². The number of hydrogen-bond donors (Lipinski definition) is 0. The van der Waals surface area contributed by atoms with Crippen molar-refractivity contribution in [2.75, 3.05) is 32.1 Å². The van der Waals surface area contributed by atoms with Gasteiger partial charge < -0.3 is 4.48 Å². The molecular formula is C20H43ClN+. The van der Waals surface area contributed by atoms with E-state index in [4.69, 9.17) is 11.6 Å². The van der Waals surface area contributed by atoms with E-state index in [2.05, 4.69) is 20.8 Å². The van der Waals surface area contributed by atoms with Crippen LogP contribution in [0.1, 0.15) is 97.8 Å². The Balaban J connectivity index is 4.39. The van der Waals surface area contributed by atoms with E-state index in [0.29, 0.717) is 0 Å². The third-order valence-corrected chi connectivity index (χ3v) is 5.19. The predicted octanol–water partition coefficient (Wildman–Crippen LogP) is 6.78. The average Bonchev–Trinajstić information content (AvgIpc) is 2.53. The van der Waals surface area contributed by atoms with Crippen LogP contribution in [-0.4, -0.2) is 36.5 Å². The molecule has 0 spiro atoms. The SMILES string of the molecule is CCCCCC[N+](CCCl)(CCCCCC)CCCCCC. The summed E-state index contributed by atoms with van der Waals surface area (Å²) in [6.07, 6.45) is 16.6. The van der Waals surface area contributed by atoms with E-state index in [1.165, 1.54) is 108 Å². The largest absolute Gasteiger partial charge is 0.323 e. The Morgan fingerprint density at radius 2 is 0.864 bits per heavy atom. The molecule has 0 N–H and O–H groups in total. The molecule has 0 rings (SSSR count). The smallest absolute Gasteiger partial charge is 0.0924 e. The molecule has 0 saturated carbocycles. The molecule has 22 heavy (non-hydrogen) atoms. The molecule has 0 aromatic carbocycles. The van der Waals surface area contributed by atoms with Gasteiger partial charge in [-0.05, 0) is 38.5 Å². The molecule has 134 valence electrons. The topological polar surface area (TPSA) is 0 Å². The molecule has 0 radical (unpaired) electrons. The van der Waals surface area contributed by atoms with Crippen molar-refractivity contribution in [1.82, 2.24) is 0 Å². The van der Waals surface area contributed by atoms with Crippen molar-refractivity contribution in [3.63, 3.8) is 0 Å². The van der Waals surface area contributed by atoms with Crippen LogP contribution in [0.3, 0.4) is 0 Å². The molecule has 0 aromatic heterocycles. The van der Waals surface area contributed by atoms with Crippen molar-refractivity contribution in [1.29, 1.82) is 0 Å². The van der Waals surface area contributed by atoms with Gasteiger partial charge in [0.1, 0.15) is 0 Å². The van der Waals surface area contributed by atoms with Crippen LogP contribution < -0.4 is 0 Å². The van der Waals surface area contributed by atoms with E-state index in [1.807, 2.05) is 0 Å². The summed E-state index contributed by atoms with van der Waals surface area (Å²) in [6, 6.07) is 0. The third kappa shape index (κ3) is 11.8. The van der Waals surface area contributed by atoms with Gasteiger partial charge in [-0.2, -0.15) is 0 Å². The number of unbranched alkanes of at least 4 members (excludes halogenated alkanes) is 9. The molecular weight excluding hydrogens is 290 g/mol. The number of rotatable bonds is 17. The first kappa shape index (κ1) is 22.2. The van der Waals surface area contributed by atoms with Crippen LogP contribution in [-0.2, 0) is 0 Å². The van der Waals surface area contributed by atoms with Crippen molar-refractivity contribution in [2.24, 2.45) is 0 Å². The Morgan fingerprint density at radius 1 is 0.500 bits per heavy atom. The fourth-order valence-electron chi connectivity index (χ4n) is 3.47. The number of nitrogens with zero attached hydrogens (tertiary/aromatic N) is 1. The van der Waals surface area contributed by atoms with Gasteiger partial charge in [-0.1, -0.05) is 59.3 Å². The zero-order valence-electron chi connectivity index (χ0n) is 15.8. The minimum absolute atomic E-state index is 0.829. The lowest BCUT2D eigenvalue weighted by atomic mass is 10.1. The Labute approximate surface area is 146 Å². The Morgan fingerprint density at radius 3 is 1.14 bits per heavy atom. The highest BCUT2D eigenvalue weighted by atomic mass is 35.5. The number of quaternary nitrogens is 1. The van der Waals surface area contributed by atoms with Crippen molar-refractivity contribution >= 4 is 11.6 Å². The molecule has 0 aliphatic rings. The lowest BCUT2D eigenvalue weighted by Gasteiger charge is -2.39. The normalized spacial score (nSPS) is 12.0. The minimum Gasteiger partial charge on any atom is -0.323 e. The van der Waals surface area contributed by atoms with Crippen LogP contribution in [0.2, 0.25) is 0 Å². The lowest BCUT2D eigenvalue weighted by Crippen LogP contribution is -2.51. The highest BCUT2D eigenvalue weighted by Gasteiger charge is 2.25.